The average molecular weight is 448 g/mol. The second-order valence-electron chi connectivity index (χ2n) is 5.39. The fourth-order valence-electron chi connectivity index (χ4n) is 2.38. The highest BCUT2D eigenvalue weighted by atomic mass is 79.9. The summed E-state index contributed by atoms with van der Waals surface area (Å²) in [5.74, 6) is 0.808. The summed E-state index contributed by atoms with van der Waals surface area (Å²) in [6.07, 6.45) is 3.11. The van der Waals surface area contributed by atoms with E-state index in [1.165, 1.54) is 12.3 Å². The zero-order valence-corrected chi connectivity index (χ0v) is 16.3. The third kappa shape index (κ3) is 4.68. The standard InChI is InChI=1S/C15H16BrClN4O3S/c16-12-8-13(15(17)19-10-12)25(22,23)20-9-11-1-2-18-14(7-11)21-3-5-24-6-4-21/h1-2,7-8,10,20H,3-6,9H2. The lowest BCUT2D eigenvalue weighted by atomic mass is 10.2. The zero-order valence-electron chi connectivity index (χ0n) is 13.2. The Kier molecular flexibility index (Phi) is 5.90. The van der Waals surface area contributed by atoms with Gasteiger partial charge in [-0.2, -0.15) is 0 Å². The first-order valence-electron chi connectivity index (χ1n) is 7.54. The summed E-state index contributed by atoms with van der Waals surface area (Å²) in [7, 11) is -3.78. The Balaban J connectivity index is 1.73. The van der Waals surface area contributed by atoms with Crippen molar-refractivity contribution in [3.05, 3.63) is 45.8 Å². The number of hydrogen-bond donors (Lipinski definition) is 1. The molecular formula is C15H16BrClN4O3S. The van der Waals surface area contributed by atoms with Gasteiger partial charge in [-0.25, -0.2) is 23.1 Å². The van der Waals surface area contributed by atoms with Crippen molar-refractivity contribution in [1.29, 1.82) is 0 Å². The maximum atomic E-state index is 12.5. The lowest BCUT2D eigenvalue weighted by Gasteiger charge is -2.28. The van der Waals surface area contributed by atoms with Gasteiger partial charge in [-0.15, -0.1) is 0 Å². The minimum absolute atomic E-state index is 0.0639. The number of nitrogens with one attached hydrogen (secondary N) is 1. The molecule has 0 unspecified atom stereocenters. The van der Waals surface area contributed by atoms with Crippen LogP contribution in [0.3, 0.4) is 0 Å². The largest absolute Gasteiger partial charge is 0.378 e. The van der Waals surface area contributed by atoms with Crippen LogP contribution in [0.4, 0.5) is 5.82 Å². The van der Waals surface area contributed by atoms with Gasteiger partial charge in [-0.05, 0) is 39.7 Å². The summed E-state index contributed by atoms with van der Waals surface area (Å²) in [6.45, 7) is 2.98. The maximum Gasteiger partial charge on any atom is 0.243 e. The molecule has 2 aromatic heterocycles. The normalized spacial score (nSPS) is 15.4. The molecule has 0 aliphatic carbocycles. The molecule has 0 atom stereocenters. The molecule has 7 nitrogen and oxygen atoms in total. The summed E-state index contributed by atoms with van der Waals surface area (Å²) in [4.78, 5) is 10.2. The Labute approximate surface area is 159 Å². The van der Waals surface area contributed by atoms with E-state index in [0.717, 1.165) is 24.5 Å². The Morgan fingerprint density at radius 2 is 2.04 bits per heavy atom. The Hall–Kier alpha value is -1.26. The molecule has 1 N–H and O–H groups in total. The Morgan fingerprint density at radius 1 is 1.28 bits per heavy atom. The van der Waals surface area contributed by atoms with Crippen molar-refractivity contribution in [1.82, 2.24) is 14.7 Å². The maximum absolute atomic E-state index is 12.5. The van der Waals surface area contributed by atoms with E-state index < -0.39 is 10.0 Å². The van der Waals surface area contributed by atoms with Crippen LogP contribution in [0.25, 0.3) is 0 Å². The Bertz CT molecular complexity index is 860. The van der Waals surface area contributed by atoms with Crippen LogP contribution in [0.15, 0.2) is 40.0 Å². The number of ether oxygens (including phenoxy) is 1. The first-order chi connectivity index (χ1) is 12.0. The molecule has 1 aliphatic heterocycles. The monoisotopic (exact) mass is 446 g/mol. The van der Waals surface area contributed by atoms with Crippen LogP contribution in [-0.2, 0) is 21.3 Å². The molecule has 10 heteroatoms. The van der Waals surface area contributed by atoms with Crippen LogP contribution < -0.4 is 9.62 Å². The summed E-state index contributed by atoms with van der Waals surface area (Å²) in [6, 6.07) is 5.06. The van der Waals surface area contributed by atoms with Crippen LogP contribution in [0.2, 0.25) is 5.15 Å². The molecule has 2 aromatic rings. The second kappa shape index (κ2) is 7.96. The number of halogens is 2. The number of rotatable bonds is 5. The second-order valence-corrected chi connectivity index (χ2v) is 8.40. The number of anilines is 1. The highest BCUT2D eigenvalue weighted by molar-refractivity contribution is 9.10. The molecule has 3 heterocycles. The number of morpholine rings is 1. The SMILES string of the molecule is O=S(=O)(NCc1ccnc(N2CCOCC2)c1)c1cc(Br)cnc1Cl. The van der Waals surface area contributed by atoms with Crippen LogP contribution in [0, 0.1) is 0 Å². The number of pyridine rings is 2. The van der Waals surface area contributed by atoms with Gasteiger partial charge in [0.05, 0.1) is 13.2 Å². The highest BCUT2D eigenvalue weighted by Crippen LogP contribution is 2.23. The molecule has 1 fully saturated rings. The van der Waals surface area contributed by atoms with Gasteiger partial charge in [0.15, 0.2) is 0 Å². The average Bonchev–Trinajstić information content (AvgIpc) is 2.63. The van der Waals surface area contributed by atoms with Crippen molar-refractivity contribution in [2.45, 2.75) is 11.4 Å². The van der Waals surface area contributed by atoms with Crippen molar-refractivity contribution in [2.24, 2.45) is 0 Å². The molecule has 3 rings (SSSR count). The predicted octanol–water partition coefficient (Wildman–Crippen LogP) is 2.21. The van der Waals surface area contributed by atoms with E-state index in [0.29, 0.717) is 17.7 Å². The van der Waals surface area contributed by atoms with Gasteiger partial charge in [-0.1, -0.05) is 11.6 Å². The molecule has 25 heavy (non-hydrogen) atoms. The van der Waals surface area contributed by atoms with E-state index in [4.69, 9.17) is 16.3 Å². The van der Waals surface area contributed by atoms with Crippen molar-refractivity contribution in [2.75, 3.05) is 31.2 Å². The molecule has 1 saturated heterocycles. The van der Waals surface area contributed by atoms with Gasteiger partial charge in [0.25, 0.3) is 0 Å². The van der Waals surface area contributed by atoms with E-state index in [1.54, 1.807) is 12.3 Å². The number of nitrogens with zero attached hydrogens (tertiary/aromatic N) is 3. The van der Waals surface area contributed by atoms with Crippen molar-refractivity contribution < 1.29 is 13.2 Å². The molecule has 0 bridgehead atoms. The minimum atomic E-state index is -3.78. The summed E-state index contributed by atoms with van der Waals surface area (Å²) in [5, 5.41) is -0.0700. The van der Waals surface area contributed by atoms with E-state index in [-0.39, 0.29) is 16.6 Å². The first-order valence-corrected chi connectivity index (χ1v) is 10.2. The number of aromatic nitrogens is 2. The summed E-state index contributed by atoms with van der Waals surface area (Å²) in [5.41, 5.74) is 0.805. The van der Waals surface area contributed by atoms with Crippen molar-refractivity contribution in [3.8, 4) is 0 Å². The molecular weight excluding hydrogens is 432 g/mol. The Morgan fingerprint density at radius 3 is 2.80 bits per heavy atom. The molecule has 0 amide bonds. The van der Waals surface area contributed by atoms with Gasteiger partial charge < -0.3 is 9.64 Å². The molecule has 134 valence electrons. The van der Waals surface area contributed by atoms with E-state index in [9.17, 15) is 8.42 Å². The molecule has 0 saturated carbocycles. The molecule has 0 spiro atoms. The minimum Gasteiger partial charge on any atom is -0.378 e. The third-order valence-corrected chi connectivity index (χ3v) is 5.94. The lowest BCUT2D eigenvalue weighted by molar-refractivity contribution is 0.122. The van der Waals surface area contributed by atoms with Crippen LogP contribution >= 0.6 is 27.5 Å². The van der Waals surface area contributed by atoms with Crippen molar-refractivity contribution in [3.63, 3.8) is 0 Å². The van der Waals surface area contributed by atoms with Crippen LogP contribution in [-0.4, -0.2) is 44.7 Å². The van der Waals surface area contributed by atoms with Crippen molar-refractivity contribution >= 4 is 43.4 Å². The van der Waals surface area contributed by atoms with Crippen LogP contribution in [0.5, 0.6) is 0 Å². The zero-order chi connectivity index (χ0) is 17.9. The van der Waals surface area contributed by atoms with E-state index in [1.807, 2.05) is 6.07 Å². The molecule has 0 radical (unpaired) electrons. The molecule has 0 aromatic carbocycles. The predicted molar refractivity (Wildman–Crippen MR) is 98.2 cm³/mol. The summed E-state index contributed by atoms with van der Waals surface area (Å²) < 4.78 is 33.3. The number of sulfonamides is 1. The van der Waals surface area contributed by atoms with Gasteiger partial charge in [0, 0.05) is 36.5 Å². The topological polar surface area (TPSA) is 84.4 Å². The van der Waals surface area contributed by atoms with Gasteiger partial charge in [0.2, 0.25) is 10.0 Å². The number of hydrogen-bond acceptors (Lipinski definition) is 6. The smallest absolute Gasteiger partial charge is 0.243 e. The van der Waals surface area contributed by atoms with Crippen LogP contribution in [0.1, 0.15) is 5.56 Å². The fraction of sp³-hybridized carbons (Fsp3) is 0.333. The van der Waals surface area contributed by atoms with E-state index in [2.05, 4.69) is 35.5 Å². The first kappa shape index (κ1) is 18.5. The third-order valence-electron chi connectivity index (χ3n) is 3.67. The van der Waals surface area contributed by atoms with Gasteiger partial charge in [-0.3, -0.25) is 0 Å². The van der Waals surface area contributed by atoms with Gasteiger partial charge >= 0.3 is 0 Å². The van der Waals surface area contributed by atoms with E-state index >= 15 is 0 Å². The quantitative estimate of drug-likeness (QED) is 0.708. The highest BCUT2D eigenvalue weighted by Gasteiger charge is 2.19. The fourth-order valence-corrected chi connectivity index (χ4v) is 4.34. The van der Waals surface area contributed by atoms with Gasteiger partial charge in [0.1, 0.15) is 15.9 Å². The molecule has 1 aliphatic rings. The summed E-state index contributed by atoms with van der Waals surface area (Å²) >= 11 is 9.11. The lowest BCUT2D eigenvalue weighted by Crippen LogP contribution is -2.36.